The third-order valence-electron chi connectivity index (χ3n) is 2.69. The average Bonchev–Trinajstić information content (AvgIpc) is 2.78. The number of carbonyl (C=O) groups is 1. The number of amides is 1. The number of halogens is 1. The van der Waals surface area contributed by atoms with Crippen LogP contribution in [0.15, 0.2) is 24.4 Å². The fourth-order valence-corrected chi connectivity index (χ4v) is 1.95. The number of carbonyl (C=O) groups excluding carboxylic acids is 1. The molecule has 9 heteroatoms. The summed E-state index contributed by atoms with van der Waals surface area (Å²) in [6, 6.07) is 5.37. The normalized spacial score (nSPS) is 9.95. The van der Waals surface area contributed by atoms with Gasteiger partial charge in [-0.1, -0.05) is 11.6 Å². The molecule has 1 N–H and O–H groups in total. The lowest BCUT2D eigenvalue weighted by molar-refractivity contribution is -0.384. The second kappa shape index (κ2) is 5.60. The number of anilines is 1. The average molecular weight is 306 g/mol. The lowest BCUT2D eigenvalue weighted by Gasteiger charge is -2.07. The number of nitrogens with zero attached hydrogens (tertiary/aromatic N) is 4. The minimum absolute atomic E-state index is 0.0177. The Kier molecular flexibility index (Phi) is 3.86. The van der Waals surface area contributed by atoms with Crippen molar-refractivity contribution >= 4 is 28.9 Å². The molecule has 21 heavy (non-hydrogen) atoms. The summed E-state index contributed by atoms with van der Waals surface area (Å²) in [6.45, 7) is 0. The zero-order valence-corrected chi connectivity index (χ0v) is 11.5. The molecule has 0 aliphatic rings. The van der Waals surface area contributed by atoms with Gasteiger partial charge in [-0.15, -0.1) is 0 Å². The molecule has 0 aliphatic heterocycles. The molecule has 1 heterocycles. The van der Waals surface area contributed by atoms with E-state index in [9.17, 15) is 14.9 Å². The summed E-state index contributed by atoms with van der Waals surface area (Å²) < 4.78 is 1.29. The smallest absolute Gasteiger partial charge is 0.275 e. The third-order valence-corrected chi connectivity index (χ3v) is 2.97. The highest BCUT2D eigenvalue weighted by molar-refractivity contribution is 6.34. The lowest BCUT2D eigenvalue weighted by Crippen LogP contribution is -2.17. The van der Waals surface area contributed by atoms with Crippen molar-refractivity contribution in [1.29, 1.82) is 5.26 Å². The third kappa shape index (κ3) is 2.82. The van der Waals surface area contributed by atoms with Crippen LogP contribution in [0.3, 0.4) is 0 Å². The van der Waals surface area contributed by atoms with Gasteiger partial charge in [0.1, 0.15) is 11.8 Å². The van der Waals surface area contributed by atoms with Gasteiger partial charge in [-0.25, -0.2) is 0 Å². The van der Waals surface area contributed by atoms with E-state index in [1.165, 1.54) is 23.0 Å². The number of rotatable bonds is 3. The highest BCUT2D eigenvalue weighted by atomic mass is 35.5. The first-order valence-electron chi connectivity index (χ1n) is 5.61. The van der Waals surface area contributed by atoms with Gasteiger partial charge in [0.15, 0.2) is 0 Å². The van der Waals surface area contributed by atoms with Crippen LogP contribution in [-0.4, -0.2) is 20.6 Å². The van der Waals surface area contributed by atoms with Crippen molar-refractivity contribution < 1.29 is 9.72 Å². The van der Waals surface area contributed by atoms with Crippen LogP contribution < -0.4 is 5.32 Å². The second-order valence-corrected chi connectivity index (χ2v) is 4.42. The molecule has 106 valence electrons. The molecule has 0 atom stereocenters. The summed E-state index contributed by atoms with van der Waals surface area (Å²) >= 11 is 5.85. The van der Waals surface area contributed by atoms with Gasteiger partial charge in [0.2, 0.25) is 0 Å². The van der Waals surface area contributed by atoms with Crippen LogP contribution in [0.25, 0.3) is 0 Å². The van der Waals surface area contributed by atoms with Gasteiger partial charge in [-0.2, -0.15) is 10.4 Å². The van der Waals surface area contributed by atoms with Gasteiger partial charge in [0, 0.05) is 19.2 Å². The first kappa shape index (κ1) is 14.5. The number of aromatic nitrogens is 2. The number of benzene rings is 1. The number of hydrogen-bond acceptors (Lipinski definition) is 5. The SMILES string of the molecule is Cn1ncc(Cl)c1C(=O)Nc1ccc([N+](=O)[O-])cc1C#N. The topological polar surface area (TPSA) is 114 Å². The molecule has 0 saturated heterocycles. The second-order valence-electron chi connectivity index (χ2n) is 4.02. The molecule has 0 spiro atoms. The van der Waals surface area contributed by atoms with E-state index < -0.39 is 10.8 Å². The molecule has 0 fully saturated rings. The van der Waals surface area contributed by atoms with E-state index in [4.69, 9.17) is 16.9 Å². The zero-order valence-electron chi connectivity index (χ0n) is 10.7. The fraction of sp³-hybridized carbons (Fsp3) is 0.0833. The van der Waals surface area contributed by atoms with Gasteiger partial charge in [-0.05, 0) is 6.07 Å². The Morgan fingerprint density at radius 1 is 1.57 bits per heavy atom. The molecular weight excluding hydrogens is 298 g/mol. The largest absolute Gasteiger partial charge is 0.319 e. The van der Waals surface area contributed by atoms with Gasteiger partial charge in [-0.3, -0.25) is 19.6 Å². The van der Waals surface area contributed by atoms with E-state index in [-0.39, 0.29) is 27.7 Å². The minimum atomic E-state index is -0.621. The number of nitriles is 1. The van der Waals surface area contributed by atoms with Gasteiger partial charge in [0.25, 0.3) is 11.6 Å². The van der Waals surface area contributed by atoms with Crippen molar-refractivity contribution in [3.05, 3.63) is 50.8 Å². The number of nitro groups is 1. The molecule has 1 aromatic heterocycles. The van der Waals surface area contributed by atoms with E-state index in [2.05, 4.69) is 10.4 Å². The molecule has 2 rings (SSSR count). The Bertz CT molecular complexity index is 758. The maximum absolute atomic E-state index is 12.1. The summed E-state index contributed by atoms with van der Waals surface area (Å²) in [5.74, 6) is -0.564. The number of nitro benzene ring substituents is 1. The summed E-state index contributed by atoms with van der Waals surface area (Å²) in [5, 5.41) is 26.1. The Labute approximate surface area is 123 Å². The van der Waals surface area contributed by atoms with Crippen molar-refractivity contribution in [1.82, 2.24) is 9.78 Å². The number of nitrogens with one attached hydrogen (secondary N) is 1. The van der Waals surface area contributed by atoms with E-state index in [0.29, 0.717) is 0 Å². The van der Waals surface area contributed by atoms with Crippen molar-refractivity contribution in [2.24, 2.45) is 7.05 Å². The van der Waals surface area contributed by atoms with Crippen LogP contribution in [0.1, 0.15) is 16.1 Å². The molecule has 0 saturated carbocycles. The van der Waals surface area contributed by atoms with Crippen LogP contribution in [-0.2, 0) is 7.05 Å². The van der Waals surface area contributed by atoms with Crippen LogP contribution in [0.2, 0.25) is 5.02 Å². The molecule has 8 nitrogen and oxygen atoms in total. The van der Waals surface area contributed by atoms with E-state index in [1.807, 2.05) is 0 Å². The standard InChI is InChI=1S/C12H8ClN5O3/c1-17-11(9(13)6-15-17)12(19)16-10-3-2-8(18(20)21)4-7(10)5-14/h2-4,6H,1H3,(H,16,19). The van der Waals surface area contributed by atoms with Crippen LogP contribution in [0.4, 0.5) is 11.4 Å². The van der Waals surface area contributed by atoms with Crippen molar-refractivity contribution in [3.63, 3.8) is 0 Å². The first-order valence-corrected chi connectivity index (χ1v) is 5.99. The molecule has 0 radical (unpaired) electrons. The number of non-ortho nitro benzene ring substituents is 1. The molecule has 2 aromatic rings. The molecule has 1 aromatic carbocycles. The maximum atomic E-state index is 12.1. The van der Waals surface area contributed by atoms with Gasteiger partial charge in [0.05, 0.1) is 27.4 Å². The Hall–Kier alpha value is -2.92. The summed E-state index contributed by atoms with van der Waals surface area (Å²) in [4.78, 5) is 22.1. The van der Waals surface area contributed by atoms with E-state index >= 15 is 0 Å². The summed E-state index contributed by atoms with van der Waals surface area (Å²) in [6.07, 6.45) is 1.32. The Morgan fingerprint density at radius 2 is 2.29 bits per heavy atom. The maximum Gasteiger partial charge on any atom is 0.275 e. The van der Waals surface area contributed by atoms with E-state index in [1.54, 1.807) is 13.1 Å². The minimum Gasteiger partial charge on any atom is -0.319 e. The molecule has 0 aliphatic carbocycles. The number of aryl methyl sites for hydroxylation is 1. The lowest BCUT2D eigenvalue weighted by atomic mass is 10.1. The van der Waals surface area contributed by atoms with Gasteiger partial charge >= 0.3 is 0 Å². The van der Waals surface area contributed by atoms with E-state index in [0.717, 1.165) is 6.07 Å². The monoisotopic (exact) mass is 305 g/mol. The molecular formula is C12H8ClN5O3. The molecule has 0 bridgehead atoms. The fourth-order valence-electron chi connectivity index (χ4n) is 1.69. The van der Waals surface area contributed by atoms with Crippen molar-refractivity contribution in [2.75, 3.05) is 5.32 Å². The predicted octanol–water partition coefficient (Wildman–Crippen LogP) is 2.11. The van der Waals surface area contributed by atoms with Crippen LogP contribution in [0, 0.1) is 21.4 Å². The number of hydrogen-bond donors (Lipinski definition) is 1. The van der Waals surface area contributed by atoms with Crippen molar-refractivity contribution in [2.45, 2.75) is 0 Å². The highest BCUT2D eigenvalue weighted by Crippen LogP contribution is 2.23. The Morgan fingerprint density at radius 3 is 2.81 bits per heavy atom. The van der Waals surface area contributed by atoms with Crippen molar-refractivity contribution in [3.8, 4) is 6.07 Å². The van der Waals surface area contributed by atoms with Gasteiger partial charge < -0.3 is 5.32 Å². The molecule has 1 amide bonds. The first-order chi connectivity index (χ1) is 9.93. The van der Waals surface area contributed by atoms with Crippen LogP contribution in [0.5, 0.6) is 0 Å². The summed E-state index contributed by atoms with van der Waals surface area (Å²) in [5.41, 5.74) is 0.0308. The summed E-state index contributed by atoms with van der Waals surface area (Å²) in [7, 11) is 1.54. The zero-order chi connectivity index (χ0) is 15.6. The predicted molar refractivity (Wildman–Crippen MR) is 74.0 cm³/mol. The Balaban J connectivity index is 2.34. The highest BCUT2D eigenvalue weighted by Gasteiger charge is 2.18. The van der Waals surface area contributed by atoms with Crippen LogP contribution >= 0.6 is 11.6 Å². The molecule has 0 unspecified atom stereocenters. The quantitative estimate of drug-likeness (QED) is 0.689.